The molecule has 0 amide bonds. The van der Waals surface area contributed by atoms with Crippen LogP contribution in [-0.4, -0.2) is 23.7 Å². The van der Waals surface area contributed by atoms with Gasteiger partial charge >= 0.3 is 5.97 Å². The Morgan fingerprint density at radius 1 is 1.45 bits per heavy atom. The zero-order chi connectivity index (χ0) is 7.98. The van der Waals surface area contributed by atoms with Gasteiger partial charge in [0, 0.05) is 7.43 Å². The van der Waals surface area contributed by atoms with E-state index < -0.39 is 12.0 Å². The summed E-state index contributed by atoms with van der Waals surface area (Å²) in [7, 11) is 0. The van der Waals surface area contributed by atoms with E-state index in [1.54, 1.807) is 0 Å². The van der Waals surface area contributed by atoms with E-state index >= 15 is 0 Å². The normalized spacial score (nSPS) is 11.8. The largest absolute Gasteiger partial charge is 0.480 e. The highest BCUT2D eigenvalue weighted by atomic mass is 16.4. The van der Waals surface area contributed by atoms with E-state index in [0.717, 1.165) is 12.8 Å². The van der Waals surface area contributed by atoms with Crippen molar-refractivity contribution in [3.8, 4) is 0 Å². The molecule has 0 saturated heterocycles. The van der Waals surface area contributed by atoms with Gasteiger partial charge < -0.3 is 16.6 Å². The topological polar surface area (TPSA) is 89.3 Å². The van der Waals surface area contributed by atoms with E-state index in [-0.39, 0.29) is 7.43 Å². The number of carboxylic acid groups (broad SMARTS) is 1. The van der Waals surface area contributed by atoms with Gasteiger partial charge in [0.1, 0.15) is 6.04 Å². The summed E-state index contributed by atoms with van der Waals surface area (Å²) in [4.78, 5) is 10.1. The maximum atomic E-state index is 10.1. The molecule has 0 aromatic heterocycles. The minimum Gasteiger partial charge on any atom is -0.480 e. The Morgan fingerprint density at radius 2 is 2.00 bits per heavy atom. The van der Waals surface area contributed by atoms with Crippen molar-refractivity contribution >= 4 is 5.97 Å². The van der Waals surface area contributed by atoms with Gasteiger partial charge in [-0.1, -0.05) is 6.42 Å². The van der Waals surface area contributed by atoms with Crippen LogP contribution in [0.2, 0.25) is 0 Å². The number of carboxylic acids is 1. The Balaban J connectivity index is 0. The van der Waals surface area contributed by atoms with Gasteiger partial charge in [0.15, 0.2) is 0 Å². The Labute approximate surface area is 67.6 Å². The van der Waals surface area contributed by atoms with Crippen LogP contribution in [0.15, 0.2) is 0 Å². The number of carbonyl (C=O) groups is 1. The van der Waals surface area contributed by atoms with Gasteiger partial charge in [-0.15, -0.1) is 0 Å². The molecule has 0 unspecified atom stereocenters. The molecule has 0 aliphatic rings. The average Bonchev–Trinajstić information content (AvgIpc) is 1.88. The Bertz CT molecular complexity index is 107. The van der Waals surface area contributed by atoms with Crippen molar-refractivity contribution in [3.05, 3.63) is 7.43 Å². The Hall–Kier alpha value is -0.610. The second kappa shape index (κ2) is 7.50. The van der Waals surface area contributed by atoms with E-state index in [0.29, 0.717) is 13.0 Å². The number of unbranched alkanes of at least 4 members (excludes halogenated alkanes) is 1. The third kappa shape index (κ3) is 7.29. The highest BCUT2D eigenvalue weighted by molar-refractivity contribution is 5.72. The van der Waals surface area contributed by atoms with Crippen LogP contribution in [0.3, 0.4) is 0 Å². The van der Waals surface area contributed by atoms with Gasteiger partial charge in [0.05, 0.1) is 0 Å². The first kappa shape index (κ1) is 13.0. The second-order valence-electron chi connectivity index (χ2n) is 2.23. The van der Waals surface area contributed by atoms with E-state index in [2.05, 4.69) is 0 Å². The summed E-state index contributed by atoms with van der Waals surface area (Å²) in [6.07, 6.45) is 2.16. The first-order valence-corrected chi connectivity index (χ1v) is 3.37. The summed E-state index contributed by atoms with van der Waals surface area (Å²) >= 11 is 0. The summed E-state index contributed by atoms with van der Waals surface area (Å²) in [5, 5.41) is 8.33. The predicted octanol–water partition coefficient (Wildman–Crippen LogP) is -0.391. The highest BCUT2D eigenvalue weighted by Crippen LogP contribution is 1.96. The van der Waals surface area contributed by atoms with E-state index in [9.17, 15) is 4.79 Å². The summed E-state index contributed by atoms with van der Waals surface area (Å²) < 4.78 is 0. The van der Waals surface area contributed by atoms with Gasteiger partial charge in [-0.25, -0.2) is 0 Å². The molecule has 4 heteroatoms. The van der Waals surface area contributed by atoms with Crippen molar-refractivity contribution in [1.29, 1.82) is 0 Å². The van der Waals surface area contributed by atoms with E-state index in [4.69, 9.17) is 16.6 Å². The molecule has 0 bridgehead atoms. The van der Waals surface area contributed by atoms with Gasteiger partial charge in [0.25, 0.3) is 0 Å². The molecule has 64 valence electrons. The van der Waals surface area contributed by atoms with Gasteiger partial charge in [-0.05, 0) is 19.4 Å². The number of aliphatic carboxylic acids is 1. The number of hydrogen-bond donors (Lipinski definition) is 3. The smallest absolute Gasteiger partial charge is 0.320 e. The molecule has 0 heterocycles. The molecule has 0 aromatic carbocycles. The van der Waals surface area contributed by atoms with Crippen molar-refractivity contribution in [3.63, 3.8) is 0 Å². The van der Waals surface area contributed by atoms with E-state index in [1.807, 2.05) is 0 Å². The predicted molar refractivity (Wildman–Crippen MR) is 41.8 cm³/mol. The van der Waals surface area contributed by atoms with Crippen molar-refractivity contribution in [2.45, 2.75) is 25.3 Å². The van der Waals surface area contributed by atoms with Gasteiger partial charge in [-0.3, -0.25) is 4.79 Å². The monoisotopic (exact) mass is 158 g/mol. The van der Waals surface area contributed by atoms with Gasteiger partial charge in [-0.2, -0.15) is 0 Å². The molecule has 0 spiro atoms. The molecule has 4 radical (unpaired) electrons. The minimum atomic E-state index is -0.933. The lowest BCUT2D eigenvalue weighted by atomic mass is 10.1. The third-order valence-corrected chi connectivity index (χ3v) is 1.29. The fourth-order valence-electron chi connectivity index (χ4n) is 0.632. The lowest BCUT2D eigenvalue weighted by molar-refractivity contribution is -0.138. The summed E-state index contributed by atoms with van der Waals surface area (Å²) in [6.45, 7) is 0.604. The molecule has 0 aliphatic heterocycles. The molecule has 1 atom stereocenters. The van der Waals surface area contributed by atoms with Crippen molar-refractivity contribution < 1.29 is 9.90 Å². The summed E-state index contributed by atoms with van der Waals surface area (Å²) in [6, 6.07) is -0.716. The second-order valence-corrected chi connectivity index (χ2v) is 2.23. The lowest BCUT2D eigenvalue weighted by Crippen LogP contribution is -2.29. The highest BCUT2D eigenvalue weighted by Gasteiger charge is 2.09. The van der Waals surface area contributed by atoms with Crippen molar-refractivity contribution in [2.75, 3.05) is 6.54 Å². The van der Waals surface area contributed by atoms with Crippen LogP contribution in [0.5, 0.6) is 0 Å². The zero-order valence-electron chi connectivity index (χ0n) is 6.42. The number of nitrogens with two attached hydrogens (primary N) is 2. The number of rotatable bonds is 5. The first-order chi connectivity index (χ1) is 4.68. The van der Waals surface area contributed by atoms with E-state index in [1.165, 1.54) is 0 Å². The Kier molecular flexibility index (Phi) is 8.87. The maximum absolute atomic E-state index is 10.1. The third-order valence-electron chi connectivity index (χ3n) is 1.29. The van der Waals surface area contributed by atoms with Crippen molar-refractivity contribution in [1.82, 2.24) is 0 Å². The van der Waals surface area contributed by atoms with Crippen LogP contribution in [-0.2, 0) is 4.79 Å². The fraction of sp³-hybridized carbons (Fsp3) is 0.714. The van der Waals surface area contributed by atoms with Crippen LogP contribution in [0.1, 0.15) is 19.3 Å². The Morgan fingerprint density at radius 3 is 2.36 bits per heavy atom. The van der Waals surface area contributed by atoms with Crippen LogP contribution in [0, 0.1) is 7.43 Å². The molecule has 0 saturated carbocycles. The molecule has 0 aliphatic carbocycles. The van der Waals surface area contributed by atoms with Gasteiger partial charge in [0.2, 0.25) is 0 Å². The van der Waals surface area contributed by atoms with Crippen LogP contribution < -0.4 is 11.5 Å². The molecule has 0 rings (SSSR count). The summed E-state index contributed by atoms with van der Waals surface area (Å²) in [5.74, 6) is -0.933. The van der Waals surface area contributed by atoms with Crippen LogP contribution in [0.25, 0.3) is 0 Å². The minimum absolute atomic E-state index is 0. The standard InChI is InChI=1S/C6H14N2O2.C/c7-4-2-1-3-5(8)6(9)10;/h5H,1-4,7-8H2,(H,9,10);/t5-;/m0./s1. The molecule has 5 N–H and O–H groups in total. The molecular weight excluding hydrogens is 144 g/mol. The number of hydrogen-bond acceptors (Lipinski definition) is 3. The summed E-state index contributed by atoms with van der Waals surface area (Å²) in [5.41, 5.74) is 10.4. The van der Waals surface area contributed by atoms with Crippen LogP contribution in [0.4, 0.5) is 0 Å². The molecule has 0 fully saturated rings. The lowest BCUT2D eigenvalue weighted by Gasteiger charge is -2.03. The quantitative estimate of drug-likeness (QED) is 0.475. The SMILES string of the molecule is NCCCC[C@H](N)C(=O)O.[C]. The van der Waals surface area contributed by atoms with Crippen LogP contribution >= 0.6 is 0 Å². The van der Waals surface area contributed by atoms with Crippen molar-refractivity contribution in [2.24, 2.45) is 11.5 Å². The average molecular weight is 158 g/mol. The fourth-order valence-corrected chi connectivity index (χ4v) is 0.632. The first-order valence-electron chi connectivity index (χ1n) is 3.37. The molecule has 11 heavy (non-hydrogen) atoms. The maximum Gasteiger partial charge on any atom is 0.320 e. The molecule has 4 nitrogen and oxygen atoms in total. The molecular formula is C7H14N2O2. The zero-order valence-corrected chi connectivity index (χ0v) is 6.42. The molecule has 0 aromatic rings.